The van der Waals surface area contributed by atoms with Gasteiger partial charge in [0.2, 0.25) is 0 Å². The van der Waals surface area contributed by atoms with Crippen LogP contribution in [0.4, 0.5) is 4.39 Å². The van der Waals surface area contributed by atoms with E-state index in [-0.39, 0.29) is 5.82 Å². The fourth-order valence-electron chi connectivity index (χ4n) is 2.05. The Labute approximate surface area is 101 Å². The van der Waals surface area contributed by atoms with Crippen LogP contribution in [0.3, 0.4) is 0 Å². The van der Waals surface area contributed by atoms with E-state index < -0.39 is 0 Å². The molecular weight excluding hydrogens is 215 g/mol. The van der Waals surface area contributed by atoms with Crippen molar-refractivity contribution in [3.63, 3.8) is 0 Å². The zero-order chi connectivity index (χ0) is 12.1. The summed E-state index contributed by atoms with van der Waals surface area (Å²) in [4.78, 5) is 7.63. The number of H-pyrrole nitrogens is 1. The van der Waals surface area contributed by atoms with E-state index in [1.165, 1.54) is 37.8 Å². The van der Waals surface area contributed by atoms with Crippen molar-refractivity contribution < 1.29 is 4.39 Å². The zero-order valence-electron chi connectivity index (χ0n) is 10.3. The van der Waals surface area contributed by atoms with Gasteiger partial charge in [-0.2, -0.15) is 0 Å². The molecule has 17 heavy (non-hydrogen) atoms. The molecule has 3 heteroatoms. The SMILES string of the molecule is CCCCCCCc1nc2ccc(F)cc2[nH]1. The van der Waals surface area contributed by atoms with Crippen molar-refractivity contribution in [2.75, 3.05) is 0 Å². The lowest BCUT2D eigenvalue weighted by Gasteiger charge is -1.97. The molecule has 1 N–H and O–H groups in total. The van der Waals surface area contributed by atoms with Crippen molar-refractivity contribution >= 4 is 11.0 Å². The van der Waals surface area contributed by atoms with Crippen molar-refractivity contribution in [2.45, 2.75) is 45.4 Å². The van der Waals surface area contributed by atoms with Gasteiger partial charge in [-0.1, -0.05) is 32.6 Å². The molecule has 0 saturated heterocycles. The molecule has 0 amide bonds. The molecule has 0 aliphatic rings. The highest BCUT2D eigenvalue weighted by Gasteiger charge is 2.03. The second-order valence-corrected chi connectivity index (χ2v) is 4.51. The first-order valence-electron chi connectivity index (χ1n) is 6.43. The van der Waals surface area contributed by atoms with Crippen LogP contribution in [-0.4, -0.2) is 9.97 Å². The summed E-state index contributed by atoms with van der Waals surface area (Å²) in [5.74, 6) is 0.762. The summed E-state index contributed by atoms with van der Waals surface area (Å²) in [6, 6.07) is 4.68. The number of aryl methyl sites for hydroxylation is 1. The van der Waals surface area contributed by atoms with Gasteiger partial charge in [0.25, 0.3) is 0 Å². The summed E-state index contributed by atoms with van der Waals surface area (Å²) in [6.07, 6.45) is 7.24. The Morgan fingerprint density at radius 2 is 2.00 bits per heavy atom. The molecular formula is C14H19FN2. The number of aromatic nitrogens is 2. The average Bonchev–Trinajstić information content (AvgIpc) is 2.70. The molecule has 1 aromatic carbocycles. The maximum Gasteiger partial charge on any atom is 0.125 e. The number of unbranched alkanes of at least 4 members (excludes halogenated alkanes) is 4. The van der Waals surface area contributed by atoms with E-state index in [1.54, 1.807) is 6.07 Å². The number of benzene rings is 1. The number of fused-ring (bicyclic) bond motifs is 1. The molecule has 0 aliphatic heterocycles. The van der Waals surface area contributed by atoms with E-state index in [4.69, 9.17) is 0 Å². The fraction of sp³-hybridized carbons (Fsp3) is 0.500. The largest absolute Gasteiger partial charge is 0.342 e. The zero-order valence-corrected chi connectivity index (χ0v) is 10.3. The summed E-state index contributed by atoms with van der Waals surface area (Å²) >= 11 is 0. The number of rotatable bonds is 6. The second-order valence-electron chi connectivity index (χ2n) is 4.51. The van der Waals surface area contributed by atoms with Crippen LogP contribution in [0, 0.1) is 5.82 Å². The summed E-state index contributed by atoms with van der Waals surface area (Å²) < 4.78 is 13.0. The number of hydrogen-bond acceptors (Lipinski definition) is 1. The number of nitrogens with zero attached hydrogens (tertiary/aromatic N) is 1. The molecule has 0 saturated carbocycles. The van der Waals surface area contributed by atoms with Gasteiger partial charge in [-0.05, 0) is 24.6 Å². The maximum atomic E-state index is 13.0. The van der Waals surface area contributed by atoms with E-state index in [0.29, 0.717) is 0 Å². The van der Waals surface area contributed by atoms with E-state index in [1.807, 2.05) is 0 Å². The quantitative estimate of drug-likeness (QED) is 0.745. The van der Waals surface area contributed by atoms with Gasteiger partial charge in [-0.15, -0.1) is 0 Å². The van der Waals surface area contributed by atoms with Gasteiger partial charge in [0.15, 0.2) is 0 Å². The van der Waals surface area contributed by atoms with Crippen LogP contribution in [-0.2, 0) is 6.42 Å². The highest BCUT2D eigenvalue weighted by Crippen LogP contribution is 2.14. The molecule has 0 bridgehead atoms. The van der Waals surface area contributed by atoms with Gasteiger partial charge in [0.05, 0.1) is 11.0 Å². The average molecular weight is 234 g/mol. The first kappa shape index (κ1) is 12.1. The van der Waals surface area contributed by atoms with E-state index in [9.17, 15) is 4.39 Å². The number of nitrogens with one attached hydrogen (secondary N) is 1. The van der Waals surface area contributed by atoms with Gasteiger partial charge < -0.3 is 4.98 Å². The molecule has 0 fully saturated rings. The lowest BCUT2D eigenvalue weighted by Crippen LogP contribution is -1.88. The van der Waals surface area contributed by atoms with Gasteiger partial charge in [-0.3, -0.25) is 0 Å². The minimum Gasteiger partial charge on any atom is -0.342 e. The highest BCUT2D eigenvalue weighted by atomic mass is 19.1. The summed E-state index contributed by atoms with van der Waals surface area (Å²) in [7, 11) is 0. The summed E-state index contributed by atoms with van der Waals surface area (Å²) in [5, 5.41) is 0. The minimum absolute atomic E-state index is 0.212. The molecule has 92 valence electrons. The van der Waals surface area contributed by atoms with Crippen LogP contribution >= 0.6 is 0 Å². The molecule has 0 spiro atoms. The Kier molecular flexibility index (Phi) is 4.13. The minimum atomic E-state index is -0.212. The molecule has 2 rings (SSSR count). The Morgan fingerprint density at radius 1 is 1.18 bits per heavy atom. The van der Waals surface area contributed by atoms with E-state index >= 15 is 0 Å². The highest BCUT2D eigenvalue weighted by molar-refractivity contribution is 5.74. The standard InChI is InChI=1S/C14H19FN2/c1-2-3-4-5-6-7-14-16-12-9-8-11(15)10-13(12)17-14/h8-10H,2-7H2,1H3,(H,16,17). The predicted molar refractivity (Wildman–Crippen MR) is 68.5 cm³/mol. The van der Waals surface area contributed by atoms with Crippen molar-refractivity contribution in [1.82, 2.24) is 9.97 Å². The van der Waals surface area contributed by atoms with Crippen molar-refractivity contribution in [1.29, 1.82) is 0 Å². The maximum absolute atomic E-state index is 13.0. The molecule has 2 nitrogen and oxygen atoms in total. The molecule has 1 aromatic heterocycles. The summed E-state index contributed by atoms with van der Waals surface area (Å²) in [5.41, 5.74) is 1.66. The topological polar surface area (TPSA) is 28.7 Å². The monoisotopic (exact) mass is 234 g/mol. The first-order chi connectivity index (χ1) is 8.29. The Bertz CT molecular complexity index is 476. The van der Waals surface area contributed by atoms with Gasteiger partial charge in [0, 0.05) is 6.42 Å². The van der Waals surface area contributed by atoms with Gasteiger partial charge in [-0.25, -0.2) is 9.37 Å². The van der Waals surface area contributed by atoms with Crippen LogP contribution in [0.2, 0.25) is 0 Å². The number of imidazole rings is 1. The molecule has 1 heterocycles. The number of hydrogen-bond donors (Lipinski definition) is 1. The normalized spacial score (nSPS) is 11.2. The van der Waals surface area contributed by atoms with Crippen molar-refractivity contribution in [3.8, 4) is 0 Å². The molecule has 0 atom stereocenters. The van der Waals surface area contributed by atoms with Crippen LogP contribution in [0.5, 0.6) is 0 Å². The molecule has 2 aromatic rings. The van der Waals surface area contributed by atoms with Crippen LogP contribution < -0.4 is 0 Å². The third-order valence-corrected chi connectivity index (χ3v) is 3.01. The van der Waals surface area contributed by atoms with Crippen LogP contribution in [0.1, 0.15) is 44.9 Å². The Hall–Kier alpha value is -1.38. The number of aromatic amines is 1. The third kappa shape index (κ3) is 3.29. The predicted octanol–water partition coefficient (Wildman–Crippen LogP) is 4.21. The smallest absolute Gasteiger partial charge is 0.125 e. The van der Waals surface area contributed by atoms with Crippen LogP contribution in [0.15, 0.2) is 18.2 Å². The van der Waals surface area contributed by atoms with Crippen LogP contribution in [0.25, 0.3) is 11.0 Å². The molecule has 0 unspecified atom stereocenters. The second kappa shape index (κ2) is 5.80. The molecule has 0 radical (unpaired) electrons. The van der Waals surface area contributed by atoms with Gasteiger partial charge >= 0.3 is 0 Å². The lowest BCUT2D eigenvalue weighted by molar-refractivity contribution is 0.625. The fourth-order valence-corrected chi connectivity index (χ4v) is 2.05. The third-order valence-electron chi connectivity index (χ3n) is 3.01. The lowest BCUT2D eigenvalue weighted by atomic mass is 10.1. The summed E-state index contributed by atoms with van der Waals surface area (Å²) in [6.45, 7) is 2.22. The number of halogens is 1. The van der Waals surface area contributed by atoms with Crippen molar-refractivity contribution in [3.05, 3.63) is 29.8 Å². The van der Waals surface area contributed by atoms with E-state index in [2.05, 4.69) is 16.9 Å². The Balaban J connectivity index is 1.91. The Morgan fingerprint density at radius 3 is 2.82 bits per heavy atom. The van der Waals surface area contributed by atoms with Gasteiger partial charge in [0.1, 0.15) is 11.6 Å². The molecule has 0 aliphatic carbocycles. The van der Waals surface area contributed by atoms with Crippen molar-refractivity contribution in [2.24, 2.45) is 0 Å². The first-order valence-corrected chi connectivity index (χ1v) is 6.43. The van der Waals surface area contributed by atoms with E-state index in [0.717, 1.165) is 29.7 Å².